The van der Waals surface area contributed by atoms with Crippen molar-refractivity contribution < 1.29 is 10.2 Å². The molecule has 0 bridgehead atoms. The van der Waals surface area contributed by atoms with Gasteiger partial charge in [-0.05, 0) is 36.0 Å². The summed E-state index contributed by atoms with van der Waals surface area (Å²) in [5.74, 6) is 0. The highest BCUT2D eigenvalue weighted by molar-refractivity contribution is 5.63. The largest absolute Gasteiger partial charge is 0.396 e. The molecule has 1 atom stereocenters. The summed E-state index contributed by atoms with van der Waals surface area (Å²) < 4.78 is 0. The fraction of sp³-hybridized carbons (Fsp3) is 0.429. The van der Waals surface area contributed by atoms with Crippen LogP contribution in [-0.4, -0.2) is 28.9 Å². The van der Waals surface area contributed by atoms with Gasteiger partial charge in [-0.3, -0.25) is 0 Å². The molecule has 0 saturated carbocycles. The first-order valence-electron chi connectivity index (χ1n) is 8.83. The average Bonchev–Trinajstić information content (AvgIpc) is 2.66. The van der Waals surface area contributed by atoms with Crippen molar-refractivity contribution in [2.24, 2.45) is 0 Å². The van der Waals surface area contributed by atoms with Crippen molar-refractivity contribution in [1.82, 2.24) is 5.32 Å². The SMILES string of the molecule is CCC(CC)(CCO)NCC(O)c1ccc(-c2ccccc2)cc1. The van der Waals surface area contributed by atoms with Crippen LogP contribution in [0.1, 0.15) is 44.8 Å². The number of hydrogen-bond donors (Lipinski definition) is 3. The first kappa shape index (κ1) is 18.7. The topological polar surface area (TPSA) is 52.5 Å². The van der Waals surface area contributed by atoms with Crippen LogP contribution in [0, 0.1) is 0 Å². The van der Waals surface area contributed by atoms with Crippen LogP contribution >= 0.6 is 0 Å². The lowest BCUT2D eigenvalue weighted by atomic mass is 9.89. The molecule has 130 valence electrons. The number of nitrogens with one attached hydrogen (secondary N) is 1. The van der Waals surface area contributed by atoms with Crippen molar-refractivity contribution in [1.29, 1.82) is 0 Å². The number of aliphatic hydroxyl groups is 2. The summed E-state index contributed by atoms with van der Waals surface area (Å²) in [6.07, 6.45) is 2.03. The molecule has 2 aromatic carbocycles. The van der Waals surface area contributed by atoms with Crippen LogP contribution in [0.15, 0.2) is 54.6 Å². The molecule has 0 spiro atoms. The Balaban J connectivity index is 2.01. The zero-order chi connectivity index (χ0) is 17.4. The van der Waals surface area contributed by atoms with Gasteiger partial charge in [0.2, 0.25) is 0 Å². The van der Waals surface area contributed by atoms with E-state index in [1.165, 1.54) is 5.56 Å². The summed E-state index contributed by atoms with van der Waals surface area (Å²) in [6, 6.07) is 18.3. The molecule has 0 saturated heterocycles. The fourth-order valence-corrected chi connectivity index (χ4v) is 3.12. The van der Waals surface area contributed by atoms with E-state index in [-0.39, 0.29) is 12.1 Å². The zero-order valence-corrected chi connectivity index (χ0v) is 14.7. The maximum atomic E-state index is 10.5. The standard InChI is InChI=1S/C21H29NO2/c1-3-21(4-2,14-15-23)22-16-20(24)19-12-10-18(11-13-19)17-8-6-5-7-9-17/h5-13,20,22-24H,3-4,14-16H2,1-2H3. The first-order chi connectivity index (χ1) is 11.6. The summed E-state index contributed by atoms with van der Waals surface area (Å²) in [4.78, 5) is 0. The van der Waals surface area contributed by atoms with Crippen molar-refractivity contribution in [2.75, 3.05) is 13.2 Å². The van der Waals surface area contributed by atoms with Gasteiger partial charge >= 0.3 is 0 Å². The van der Waals surface area contributed by atoms with Gasteiger partial charge in [0.1, 0.15) is 0 Å². The van der Waals surface area contributed by atoms with Crippen LogP contribution in [0.25, 0.3) is 11.1 Å². The van der Waals surface area contributed by atoms with Gasteiger partial charge in [0, 0.05) is 18.7 Å². The van der Waals surface area contributed by atoms with Crippen LogP contribution in [0.4, 0.5) is 0 Å². The average molecular weight is 327 g/mol. The fourth-order valence-electron chi connectivity index (χ4n) is 3.12. The minimum atomic E-state index is -0.550. The highest BCUT2D eigenvalue weighted by Crippen LogP contribution is 2.23. The normalized spacial score (nSPS) is 13.0. The van der Waals surface area contributed by atoms with Gasteiger partial charge in [-0.1, -0.05) is 68.4 Å². The third kappa shape index (κ3) is 4.67. The second-order valence-electron chi connectivity index (χ2n) is 6.35. The molecule has 3 N–H and O–H groups in total. The van der Waals surface area contributed by atoms with Gasteiger partial charge in [-0.25, -0.2) is 0 Å². The zero-order valence-electron chi connectivity index (χ0n) is 14.7. The Morgan fingerprint density at radius 3 is 2.04 bits per heavy atom. The van der Waals surface area contributed by atoms with Crippen LogP contribution in [0.2, 0.25) is 0 Å². The molecule has 2 aromatic rings. The quantitative estimate of drug-likeness (QED) is 0.654. The van der Waals surface area contributed by atoms with Crippen molar-refractivity contribution in [3.05, 3.63) is 60.2 Å². The molecule has 2 rings (SSSR count). The molecule has 0 heterocycles. The molecule has 0 fully saturated rings. The Labute approximate surface area is 145 Å². The van der Waals surface area contributed by atoms with Gasteiger partial charge in [0.15, 0.2) is 0 Å². The molecular formula is C21H29NO2. The Hall–Kier alpha value is -1.68. The highest BCUT2D eigenvalue weighted by Gasteiger charge is 2.25. The van der Waals surface area contributed by atoms with Gasteiger partial charge in [0.05, 0.1) is 6.10 Å². The van der Waals surface area contributed by atoms with Gasteiger partial charge in [0.25, 0.3) is 0 Å². The molecule has 3 nitrogen and oxygen atoms in total. The Kier molecular flexibility index (Phi) is 6.98. The van der Waals surface area contributed by atoms with Crippen molar-refractivity contribution in [2.45, 2.75) is 44.8 Å². The van der Waals surface area contributed by atoms with E-state index in [2.05, 4.69) is 43.4 Å². The predicted molar refractivity (Wildman–Crippen MR) is 99.9 cm³/mol. The van der Waals surface area contributed by atoms with E-state index in [9.17, 15) is 10.2 Å². The molecule has 1 unspecified atom stereocenters. The molecule has 0 amide bonds. The highest BCUT2D eigenvalue weighted by atomic mass is 16.3. The smallest absolute Gasteiger partial charge is 0.0914 e. The molecule has 24 heavy (non-hydrogen) atoms. The van der Waals surface area contributed by atoms with E-state index in [4.69, 9.17) is 0 Å². The number of hydrogen-bond acceptors (Lipinski definition) is 3. The molecule has 3 heteroatoms. The summed E-state index contributed by atoms with van der Waals surface area (Å²) in [7, 11) is 0. The lowest BCUT2D eigenvalue weighted by Gasteiger charge is -2.33. The van der Waals surface area contributed by atoms with E-state index in [1.54, 1.807) is 0 Å². The summed E-state index contributed by atoms with van der Waals surface area (Å²) in [5, 5.41) is 23.2. The van der Waals surface area contributed by atoms with Gasteiger partial charge < -0.3 is 15.5 Å². The van der Waals surface area contributed by atoms with Crippen molar-refractivity contribution in [3.8, 4) is 11.1 Å². The van der Waals surface area contributed by atoms with Crippen molar-refractivity contribution >= 4 is 0 Å². The lowest BCUT2D eigenvalue weighted by Crippen LogP contribution is -2.46. The predicted octanol–water partition coefficient (Wildman–Crippen LogP) is 3.92. The number of benzene rings is 2. The minimum absolute atomic E-state index is 0.0975. The molecule has 0 aliphatic heterocycles. The second-order valence-corrected chi connectivity index (χ2v) is 6.35. The Morgan fingerprint density at radius 1 is 0.917 bits per heavy atom. The maximum Gasteiger partial charge on any atom is 0.0914 e. The summed E-state index contributed by atoms with van der Waals surface area (Å²) >= 11 is 0. The van der Waals surface area contributed by atoms with Crippen LogP contribution in [0.5, 0.6) is 0 Å². The van der Waals surface area contributed by atoms with E-state index in [1.807, 2.05) is 30.3 Å². The second kappa shape index (κ2) is 8.97. The molecular weight excluding hydrogens is 298 g/mol. The van der Waals surface area contributed by atoms with E-state index < -0.39 is 6.10 Å². The number of rotatable bonds is 9. The maximum absolute atomic E-state index is 10.5. The summed E-state index contributed by atoms with van der Waals surface area (Å²) in [6.45, 7) is 4.89. The minimum Gasteiger partial charge on any atom is -0.396 e. The van der Waals surface area contributed by atoms with E-state index >= 15 is 0 Å². The summed E-state index contributed by atoms with van der Waals surface area (Å²) in [5.41, 5.74) is 3.14. The Morgan fingerprint density at radius 2 is 1.50 bits per heavy atom. The van der Waals surface area contributed by atoms with Crippen molar-refractivity contribution in [3.63, 3.8) is 0 Å². The van der Waals surface area contributed by atoms with Gasteiger partial charge in [-0.15, -0.1) is 0 Å². The van der Waals surface area contributed by atoms with E-state index in [0.29, 0.717) is 13.0 Å². The number of aliphatic hydroxyl groups excluding tert-OH is 2. The van der Waals surface area contributed by atoms with E-state index in [0.717, 1.165) is 24.0 Å². The molecule has 0 aromatic heterocycles. The molecule has 0 radical (unpaired) electrons. The monoisotopic (exact) mass is 327 g/mol. The lowest BCUT2D eigenvalue weighted by molar-refractivity contribution is 0.137. The Bertz CT molecular complexity index is 591. The van der Waals surface area contributed by atoms with Crippen LogP contribution in [-0.2, 0) is 0 Å². The first-order valence-corrected chi connectivity index (χ1v) is 8.83. The number of β-amino-alcohol motifs (C(OH)–C–C–N with tert-alkyl or cyclic N) is 1. The molecule has 0 aliphatic rings. The molecule has 0 aliphatic carbocycles. The van der Waals surface area contributed by atoms with Gasteiger partial charge in [-0.2, -0.15) is 0 Å². The van der Waals surface area contributed by atoms with Crippen LogP contribution < -0.4 is 5.32 Å². The van der Waals surface area contributed by atoms with Crippen LogP contribution in [0.3, 0.4) is 0 Å². The third-order valence-corrected chi connectivity index (χ3v) is 5.02. The third-order valence-electron chi connectivity index (χ3n) is 5.02.